The zero-order valence-electron chi connectivity index (χ0n) is 9.29. The number of nitriles is 1. The molecule has 0 saturated heterocycles. The first kappa shape index (κ1) is 11.0. The average Bonchev–Trinajstić information content (AvgIpc) is 2.89. The fourth-order valence-electron chi connectivity index (χ4n) is 1.27. The highest BCUT2D eigenvalue weighted by Crippen LogP contribution is 2.12. The van der Waals surface area contributed by atoms with Gasteiger partial charge in [-0.05, 0) is 12.1 Å². The Hall–Kier alpha value is -2.55. The zero-order chi connectivity index (χ0) is 12.1. The maximum absolute atomic E-state index is 8.74. The van der Waals surface area contributed by atoms with Gasteiger partial charge in [0.25, 0.3) is 0 Å². The summed E-state index contributed by atoms with van der Waals surface area (Å²) in [5.74, 6) is 2.01. The topological polar surface area (TPSA) is 78.0 Å². The molecule has 0 atom stereocenters. The smallest absolute Gasteiger partial charge is 0.185 e. The van der Waals surface area contributed by atoms with Gasteiger partial charge in [-0.3, -0.25) is 4.90 Å². The molecule has 2 rings (SSSR count). The van der Waals surface area contributed by atoms with Crippen molar-refractivity contribution in [3.8, 4) is 6.19 Å². The van der Waals surface area contributed by atoms with Gasteiger partial charge in [-0.1, -0.05) is 0 Å². The Morgan fingerprint density at radius 3 is 3.12 bits per heavy atom. The van der Waals surface area contributed by atoms with Crippen molar-refractivity contribution in [2.75, 3.05) is 17.3 Å². The lowest BCUT2D eigenvalue weighted by Gasteiger charge is -2.09. The second kappa shape index (κ2) is 4.99. The Bertz CT molecular complexity index is 517. The van der Waals surface area contributed by atoms with Crippen LogP contribution in [0, 0.1) is 11.5 Å². The van der Waals surface area contributed by atoms with Crippen LogP contribution in [0.5, 0.6) is 0 Å². The summed E-state index contributed by atoms with van der Waals surface area (Å²) in [5, 5.41) is 11.8. The molecule has 0 spiro atoms. The molecule has 0 fully saturated rings. The van der Waals surface area contributed by atoms with E-state index < -0.39 is 0 Å². The van der Waals surface area contributed by atoms with Crippen LogP contribution >= 0.6 is 0 Å². The number of nitrogens with zero attached hydrogens (tertiary/aromatic N) is 4. The van der Waals surface area contributed by atoms with Crippen molar-refractivity contribution >= 4 is 11.6 Å². The first-order chi connectivity index (χ1) is 8.29. The van der Waals surface area contributed by atoms with E-state index in [9.17, 15) is 0 Å². The highest BCUT2D eigenvalue weighted by atomic mass is 16.3. The first-order valence-corrected chi connectivity index (χ1v) is 5.01. The summed E-state index contributed by atoms with van der Waals surface area (Å²) in [6.07, 6.45) is 5.00. The van der Waals surface area contributed by atoms with Gasteiger partial charge in [0, 0.05) is 13.1 Å². The van der Waals surface area contributed by atoms with E-state index in [0.717, 1.165) is 5.76 Å². The van der Waals surface area contributed by atoms with Crippen LogP contribution in [0.2, 0.25) is 0 Å². The van der Waals surface area contributed by atoms with Gasteiger partial charge in [-0.2, -0.15) is 5.26 Å². The number of nitrogens with one attached hydrogen (secondary N) is 1. The van der Waals surface area contributed by atoms with Crippen molar-refractivity contribution < 1.29 is 4.42 Å². The molecule has 0 bridgehead atoms. The van der Waals surface area contributed by atoms with E-state index >= 15 is 0 Å². The SMILES string of the molecule is CN(C#N)c1cc(NCc2ccco2)ncn1. The van der Waals surface area contributed by atoms with E-state index in [1.54, 1.807) is 19.4 Å². The second-order valence-corrected chi connectivity index (χ2v) is 3.35. The van der Waals surface area contributed by atoms with Crippen LogP contribution in [0.25, 0.3) is 0 Å². The minimum atomic E-state index is 0.541. The fraction of sp³-hybridized carbons (Fsp3) is 0.182. The van der Waals surface area contributed by atoms with Gasteiger partial charge in [0.2, 0.25) is 0 Å². The quantitative estimate of drug-likeness (QED) is 0.633. The summed E-state index contributed by atoms with van der Waals surface area (Å²) in [5.41, 5.74) is 0. The van der Waals surface area contributed by atoms with Gasteiger partial charge in [-0.15, -0.1) is 0 Å². The summed E-state index contributed by atoms with van der Waals surface area (Å²) in [4.78, 5) is 9.40. The lowest BCUT2D eigenvalue weighted by Crippen LogP contribution is -2.11. The number of hydrogen-bond acceptors (Lipinski definition) is 6. The maximum atomic E-state index is 8.74. The molecule has 2 aromatic rings. The summed E-state index contributed by atoms with van der Waals surface area (Å²) in [6.45, 7) is 0.541. The number of furan rings is 1. The maximum Gasteiger partial charge on any atom is 0.185 e. The third kappa shape index (κ3) is 2.72. The molecule has 86 valence electrons. The molecule has 0 unspecified atom stereocenters. The minimum absolute atomic E-state index is 0.541. The minimum Gasteiger partial charge on any atom is -0.467 e. The van der Waals surface area contributed by atoms with Crippen LogP contribution in [0.1, 0.15) is 5.76 Å². The highest BCUT2D eigenvalue weighted by molar-refractivity contribution is 5.50. The molecule has 0 aliphatic carbocycles. The van der Waals surface area contributed by atoms with E-state index in [1.807, 2.05) is 18.3 Å². The van der Waals surface area contributed by atoms with E-state index in [1.165, 1.54) is 11.2 Å². The van der Waals surface area contributed by atoms with Gasteiger partial charge in [0.1, 0.15) is 23.7 Å². The Morgan fingerprint density at radius 1 is 1.53 bits per heavy atom. The molecule has 2 aromatic heterocycles. The van der Waals surface area contributed by atoms with Crippen molar-refractivity contribution in [2.24, 2.45) is 0 Å². The highest BCUT2D eigenvalue weighted by Gasteiger charge is 2.03. The van der Waals surface area contributed by atoms with Gasteiger partial charge >= 0.3 is 0 Å². The number of rotatable bonds is 4. The molecule has 0 saturated carbocycles. The normalized spacial score (nSPS) is 9.65. The first-order valence-electron chi connectivity index (χ1n) is 5.01. The van der Waals surface area contributed by atoms with E-state index in [0.29, 0.717) is 18.2 Å². The van der Waals surface area contributed by atoms with E-state index in [-0.39, 0.29) is 0 Å². The van der Waals surface area contributed by atoms with Crippen molar-refractivity contribution in [2.45, 2.75) is 6.54 Å². The van der Waals surface area contributed by atoms with Crippen LogP contribution in [0.15, 0.2) is 35.2 Å². The Kier molecular flexibility index (Phi) is 3.21. The summed E-state index contributed by atoms with van der Waals surface area (Å²) in [7, 11) is 1.64. The van der Waals surface area contributed by atoms with Gasteiger partial charge in [0.15, 0.2) is 6.19 Å². The van der Waals surface area contributed by atoms with Crippen LogP contribution in [-0.4, -0.2) is 17.0 Å². The predicted molar refractivity (Wildman–Crippen MR) is 62.1 cm³/mol. The second-order valence-electron chi connectivity index (χ2n) is 3.35. The third-order valence-electron chi connectivity index (χ3n) is 2.17. The monoisotopic (exact) mass is 229 g/mol. The Morgan fingerprint density at radius 2 is 2.41 bits per heavy atom. The van der Waals surface area contributed by atoms with Crippen molar-refractivity contribution in [3.05, 3.63) is 36.5 Å². The molecule has 0 aliphatic heterocycles. The molecule has 0 aliphatic rings. The number of hydrogen-bond donors (Lipinski definition) is 1. The molecule has 17 heavy (non-hydrogen) atoms. The van der Waals surface area contributed by atoms with Gasteiger partial charge < -0.3 is 9.73 Å². The lowest BCUT2D eigenvalue weighted by molar-refractivity contribution is 0.518. The molecule has 2 heterocycles. The molecule has 0 radical (unpaired) electrons. The summed E-state index contributed by atoms with van der Waals surface area (Å²) in [6, 6.07) is 5.40. The number of anilines is 2. The summed E-state index contributed by atoms with van der Waals surface area (Å²) >= 11 is 0. The van der Waals surface area contributed by atoms with Crippen molar-refractivity contribution in [3.63, 3.8) is 0 Å². The molecule has 1 N–H and O–H groups in total. The Balaban J connectivity index is 2.04. The van der Waals surface area contributed by atoms with Crippen LogP contribution < -0.4 is 10.2 Å². The molecular weight excluding hydrogens is 218 g/mol. The largest absolute Gasteiger partial charge is 0.467 e. The molecular formula is C11H11N5O. The third-order valence-corrected chi connectivity index (χ3v) is 2.17. The van der Waals surface area contributed by atoms with E-state index in [4.69, 9.17) is 9.68 Å². The number of aromatic nitrogens is 2. The fourth-order valence-corrected chi connectivity index (χ4v) is 1.27. The van der Waals surface area contributed by atoms with Crippen LogP contribution in [0.4, 0.5) is 11.6 Å². The van der Waals surface area contributed by atoms with Gasteiger partial charge in [-0.25, -0.2) is 9.97 Å². The molecule has 0 aromatic carbocycles. The van der Waals surface area contributed by atoms with Crippen LogP contribution in [0.3, 0.4) is 0 Å². The van der Waals surface area contributed by atoms with Gasteiger partial charge in [0.05, 0.1) is 12.8 Å². The van der Waals surface area contributed by atoms with Crippen molar-refractivity contribution in [1.29, 1.82) is 5.26 Å². The van der Waals surface area contributed by atoms with Crippen LogP contribution in [-0.2, 0) is 6.54 Å². The van der Waals surface area contributed by atoms with E-state index in [2.05, 4.69) is 15.3 Å². The lowest BCUT2D eigenvalue weighted by atomic mass is 10.4. The predicted octanol–water partition coefficient (Wildman–Crippen LogP) is 1.60. The Labute approximate surface area is 98.5 Å². The standard InChI is InChI=1S/C11H11N5O/c1-16(7-12)11-5-10(14-8-15-11)13-6-9-3-2-4-17-9/h2-5,8H,6H2,1H3,(H,13,14,15). The summed E-state index contributed by atoms with van der Waals surface area (Å²) < 4.78 is 5.19. The molecule has 6 heteroatoms. The van der Waals surface area contributed by atoms with Crippen molar-refractivity contribution in [1.82, 2.24) is 9.97 Å². The average molecular weight is 229 g/mol. The zero-order valence-corrected chi connectivity index (χ0v) is 9.29. The molecule has 6 nitrogen and oxygen atoms in total. The molecule has 0 amide bonds.